The summed E-state index contributed by atoms with van der Waals surface area (Å²) in [5.74, 6) is -0.0460. The molecule has 8 nitrogen and oxygen atoms in total. The van der Waals surface area contributed by atoms with Crippen LogP contribution in [0.25, 0.3) is 0 Å². The van der Waals surface area contributed by atoms with E-state index in [0.29, 0.717) is 17.7 Å². The molecule has 2 fully saturated rings. The van der Waals surface area contributed by atoms with Crippen LogP contribution in [0.4, 0.5) is 0 Å². The fraction of sp³-hybridized carbons (Fsp3) is 0.500. The lowest BCUT2D eigenvalue weighted by Crippen LogP contribution is -2.50. The smallest absolute Gasteiger partial charge is 0.244 e. The zero-order chi connectivity index (χ0) is 17.4. The molecule has 2 aliphatic rings. The van der Waals surface area contributed by atoms with Crippen LogP contribution in [-0.4, -0.2) is 56.8 Å². The molecule has 2 atom stereocenters. The Morgan fingerprint density at radius 2 is 1.80 bits per heavy atom. The number of tetrazole rings is 1. The molecule has 1 aromatic carbocycles. The average Bonchev–Trinajstić information content (AvgIpc) is 3.21. The number of aromatic nitrogens is 4. The number of fused-ring (bicyclic) bond motifs is 2. The van der Waals surface area contributed by atoms with Gasteiger partial charge in [-0.15, -0.1) is 5.10 Å². The van der Waals surface area contributed by atoms with Crippen molar-refractivity contribution < 1.29 is 13.2 Å². The highest BCUT2D eigenvalue weighted by atomic mass is 32.2. The summed E-state index contributed by atoms with van der Waals surface area (Å²) >= 11 is 0. The number of rotatable bonds is 4. The van der Waals surface area contributed by atoms with E-state index in [-0.39, 0.29) is 24.5 Å². The molecule has 2 unspecified atom stereocenters. The number of benzene rings is 1. The Kier molecular flexibility index (Phi) is 4.03. The monoisotopic (exact) mass is 361 g/mol. The van der Waals surface area contributed by atoms with E-state index < -0.39 is 15.1 Å². The van der Waals surface area contributed by atoms with Crippen molar-refractivity contribution in [1.29, 1.82) is 0 Å². The molecule has 25 heavy (non-hydrogen) atoms. The second-order valence-electron chi connectivity index (χ2n) is 6.64. The molecule has 1 aromatic heterocycles. The first-order valence-corrected chi connectivity index (χ1v) is 9.91. The first-order chi connectivity index (χ1) is 12.1. The minimum Gasteiger partial charge on any atom is -0.335 e. The van der Waals surface area contributed by atoms with E-state index in [1.54, 1.807) is 24.3 Å². The Hall–Kier alpha value is -2.29. The van der Waals surface area contributed by atoms with Gasteiger partial charge >= 0.3 is 0 Å². The van der Waals surface area contributed by atoms with Gasteiger partial charge < -0.3 is 4.90 Å². The molecule has 0 aliphatic carbocycles. The van der Waals surface area contributed by atoms with Crippen molar-refractivity contribution >= 4 is 15.7 Å². The second kappa shape index (κ2) is 6.21. The SMILES string of the molecule is O=C(Cn1cnnn1)N1C2CCC1CC(S(=O)(=O)c1ccccc1)C2. The molecule has 9 heteroatoms. The summed E-state index contributed by atoms with van der Waals surface area (Å²) in [5.41, 5.74) is 0. The Morgan fingerprint density at radius 3 is 2.40 bits per heavy atom. The third-order valence-electron chi connectivity index (χ3n) is 5.18. The summed E-state index contributed by atoms with van der Waals surface area (Å²) in [6, 6.07) is 8.54. The van der Waals surface area contributed by atoms with Crippen LogP contribution in [0, 0.1) is 0 Å². The maximum Gasteiger partial charge on any atom is 0.244 e. The molecule has 3 heterocycles. The topological polar surface area (TPSA) is 98.1 Å². The summed E-state index contributed by atoms with van der Waals surface area (Å²) in [6.07, 6.45) is 4.11. The van der Waals surface area contributed by atoms with E-state index in [9.17, 15) is 13.2 Å². The highest BCUT2D eigenvalue weighted by Gasteiger charge is 2.47. The quantitative estimate of drug-likeness (QED) is 0.794. The normalized spacial score (nSPS) is 25.9. The molecule has 0 spiro atoms. The van der Waals surface area contributed by atoms with Crippen LogP contribution >= 0.6 is 0 Å². The van der Waals surface area contributed by atoms with Crippen molar-refractivity contribution in [2.45, 2.75) is 54.5 Å². The second-order valence-corrected chi connectivity index (χ2v) is 8.87. The van der Waals surface area contributed by atoms with Crippen LogP contribution in [0.3, 0.4) is 0 Å². The van der Waals surface area contributed by atoms with Gasteiger partial charge in [0.1, 0.15) is 12.9 Å². The Labute approximate surface area is 145 Å². The average molecular weight is 361 g/mol. The zero-order valence-corrected chi connectivity index (χ0v) is 14.4. The molecular formula is C16H19N5O3S. The number of carbonyl (C=O) groups excluding carboxylic acids is 1. The van der Waals surface area contributed by atoms with Gasteiger partial charge in [0, 0.05) is 12.1 Å². The Bertz CT molecular complexity index is 839. The van der Waals surface area contributed by atoms with E-state index in [4.69, 9.17) is 0 Å². The number of amides is 1. The maximum atomic E-state index is 12.9. The predicted molar refractivity (Wildman–Crippen MR) is 88.1 cm³/mol. The lowest BCUT2D eigenvalue weighted by Gasteiger charge is -2.38. The number of piperidine rings is 1. The molecule has 0 radical (unpaired) electrons. The number of hydrogen-bond donors (Lipinski definition) is 0. The van der Waals surface area contributed by atoms with Gasteiger partial charge in [-0.2, -0.15) is 0 Å². The number of carbonyl (C=O) groups is 1. The molecule has 0 N–H and O–H groups in total. The van der Waals surface area contributed by atoms with E-state index in [1.807, 2.05) is 11.0 Å². The number of nitrogens with zero attached hydrogens (tertiary/aromatic N) is 5. The lowest BCUT2D eigenvalue weighted by atomic mass is 10.0. The van der Waals surface area contributed by atoms with Gasteiger partial charge in [-0.25, -0.2) is 13.1 Å². The molecule has 2 aromatic rings. The summed E-state index contributed by atoms with van der Waals surface area (Å²) in [4.78, 5) is 14.8. The van der Waals surface area contributed by atoms with Crippen molar-refractivity contribution in [2.24, 2.45) is 0 Å². The summed E-state index contributed by atoms with van der Waals surface area (Å²) in [7, 11) is -3.36. The minimum absolute atomic E-state index is 0.0220. The standard InChI is InChI=1S/C16H19N5O3S/c22-16(10-20-11-17-18-19-20)21-12-6-7-13(21)9-15(8-12)25(23,24)14-4-2-1-3-5-14/h1-5,11-13,15H,6-10H2. The van der Waals surface area contributed by atoms with E-state index >= 15 is 0 Å². The third-order valence-corrected chi connectivity index (χ3v) is 7.37. The van der Waals surface area contributed by atoms with Crippen molar-refractivity contribution in [3.63, 3.8) is 0 Å². The van der Waals surface area contributed by atoms with Gasteiger partial charge in [0.2, 0.25) is 5.91 Å². The molecule has 2 bridgehead atoms. The van der Waals surface area contributed by atoms with Crippen LogP contribution in [-0.2, 0) is 21.2 Å². The number of hydrogen-bond acceptors (Lipinski definition) is 6. The summed E-state index contributed by atoms with van der Waals surface area (Å²) < 4.78 is 27.2. The third kappa shape index (κ3) is 2.92. The fourth-order valence-electron chi connectivity index (χ4n) is 4.06. The Morgan fingerprint density at radius 1 is 1.12 bits per heavy atom. The van der Waals surface area contributed by atoms with Crippen LogP contribution < -0.4 is 0 Å². The molecule has 132 valence electrons. The highest BCUT2D eigenvalue weighted by Crippen LogP contribution is 2.39. The molecule has 0 saturated carbocycles. The Balaban J connectivity index is 1.51. The number of sulfone groups is 1. The van der Waals surface area contributed by atoms with Crippen LogP contribution in [0.15, 0.2) is 41.6 Å². The molecule has 4 rings (SSSR count). The first-order valence-electron chi connectivity index (χ1n) is 8.36. The van der Waals surface area contributed by atoms with Crippen molar-refractivity contribution in [2.75, 3.05) is 0 Å². The van der Waals surface area contributed by atoms with Crippen molar-refractivity contribution in [3.8, 4) is 0 Å². The van der Waals surface area contributed by atoms with Gasteiger partial charge in [-0.1, -0.05) is 18.2 Å². The van der Waals surface area contributed by atoms with E-state index in [0.717, 1.165) is 12.8 Å². The van der Waals surface area contributed by atoms with Crippen molar-refractivity contribution in [3.05, 3.63) is 36.7 Å². The van der Waals surface area contributed by atoms with Gasteiger partial charge in [0.05, 0.1) is 10.1 Å². The molecular weight excluding hydrogens is 342 g/mol. The molecule has 2 saturated heterocycles. The summed E-state index contributed by atoms with van der Waals surface area (Å²) in [6.45, 7) is 0.0934. The van der Waals surface area contributed by atoms with Gasteiger partial charge in [0.25, 0.3) is 0 Å². The predicted octanol–water partition coefficient (Wildman–Crippen LogP) is 0.669. The van der Waals surface area contributed by atoms with E-state index in [1.165, 1.54) is 11.0 Å². The highest BCUT2D eigenvalue weighted by molar-refractivity contribution is 7.92. The van der Waals surface area contributed by atoms with Gasteiger partial charge in [-0.3, -0.25) is 4.79 Å². The van der Waals surface area contributed by atoms with Gasteiger partial charge in [0.15, 0.2) is 9.84 Å². The van der Waals surface area contributed by atoms with Crippen molar-refractivity contribution in [1.82, 2.24) is 25.1 Å². The zero-order valence-electron chi connectivity index (χ0n) is 13.6. The minimum atomic E-state index is -3.36. The van der Waals surface area contributed by atoms with Crippen LogP contribution in [0.1, 0.15) is 25.7 Å². The maximum absolute atomic E-state index is 12.9. The molecule has 1 amide bonds. The largest absolute Gasteiger partial charge is 0.335 e. The summed E-state index contributed by atoms with van der Waals surface area (Å²) in [5, 5.41) is 10.4. The van der Waals surface area contributed by atoms with Crippen LogP contribution in [0.2, 0.25) is 0 Å². The lowest BCUT2D eigenvalue weighted by molar-refractivity contribution is -0.136. The fourth-order valence-corrected chi connectivity index (χ4v) is 5.94. The molecule has 2 aliphatic heterocycles. The van der Waals surface area contributed by atoms with Gasteiger partial charge in [-0.05, 0) is 48.2 Å². The first kappa shape index (κ1) is 16.2. The van der Waals surface area contributed by atoms with E-state index in [2.05, 4.69) is 15.5 Å². The van der Waals surface area contributed by atoms with Crippen LogP contribution in [0.5, 0.6) is 0 Å².